The van der Waals surface area contributed by atoms with Crippen LogP contribution in [-0.4, -0.2) is 9.97 Å². The molecule has 1 heterocycles. The van der Waals surface area contributed by atoms with Crippen molar-refractivity contribution in [2.75, 3.05) is 10.7 Å². The quantitative estimate of drug-likeness (QED) is 0.581. The van der Waals surface area contributed by atoms with E-state index < -0.39 is 0 Å². The minimum Gasteiger partial charge on any atom is -0.366 e. The summed E-state index contributed by atoms with van der Waals surface area (Å²) >= 11 is 0. The van der Waals surface area contributed by atoms with Crippen LogP contribution < -0.4 is 16.6 Å². The number of aromatic nitrogens is 2. The summed E-state index contributed by atoms with van der Waals surface area (Å²) in [5, 5.41) is 3.39. The van der Waals surface area contributed by atoms with Crippen LogP contribution in [0.5, 0.6) is 0 Å². The zero-order valence-corrected chi connectivity index (χ0v) is 13.1. The Labute approximate surface area is 126 Å². The fourth-order valence-electron chi connectivity index (χ4n) is 2.09. The Morgan fingerprint density at radius 3 is 2.38 bits per heavy atom. The third-order valence-electron chi connectivity index (χ3n) is 3.52. The number of hydrogen-bond donors (Lipinski definition) is 3. The second-order valence-corrected chi connectivity index (χ2v) is 5.48. The van der Waals surface area contributed by atoms with Crippen molar-refractivity contribution in [3.63, 3.8) is 0 Å². The van der Waals surface area contributed by atoms with Crippen molar-refractivity contribution in [3.05, 3.63) is 46.8 Å². The molecule has 2 rings (SSSR count). The number of nitrogen functional groups attached to an aromatic ring is 1. The molecule has 0 radical (unpaired) electrons. The molecule has 0 amide bonds. The lowest BCUT2D eigenvalue weighted by molar-refractivity contribution is 0.772. The average Bonchev–Trinajstić information content (AvgIpc) is 2.47. The molecule has 21 heavy (non-hydrogen) atoms. The first-order valence-corrected chi connectivity index (χ1v) is 7.16. The molecule has 112 valence electrons. The molecule has 0 aliphatic carbocycles. The summed E-state index contributed by atoms with van der Waals surface area (Å²) in [7, 11) is 0. The summed E-state index contributed by atoms with van der Waals surface area (Å²) < 4.78 is 0. The number of hydrogen-bond acceptors (Lipinski definition) is 5. The Morgan fingerprint density at radius 2 is 1.76 bits per heavy atom. The first-order valence-electron chi connectivity index (χ1n) is 7.16. The van der Waals surface area contributed by atoms with Crippen LogP contribution in [0.2, 0.25) is 0 Å². The molecule has 2 aromatic rings. The largest absolute Gasteiger partial charge is 0.366 e. The first kappa shape index (κ1) is 15.3. The molecule has 1 aromatic carbocycles. The van der Waals surface area contributed by atoms with Gasteiger partial charge in [0.05, 0.1) is 0 Å². The minimum absolute atomic E-state index is 0.247. The Morgan fingerprint density at radius 1 is 1.10 bits per heavy atom. The molecule has 0 saturated carbocycles. The lowest BCUT2D eigenvalue weighted by Gasteiger charge is -2.15. The van der Waals surface area contributed by atoms with Crippen LogP contribution in [0.15, 0.2) is 24.3 Å². The van der Waals surface area contributed by atoms with E-state index in [1.54, 1.807) is 0 Å². The standard InChI is InChI=1S/C16H23N5/c1-10(2)14-19-15(12(4)16(20-14)21-17)18-9-13-8-6-5-7-11(13)3/h5-8,10H,9,17H2,1-4H3,(H2,18,19,20,21). The second kappa shape index (κ2) is 6.54. The molecule has 0 unspecified atom stereocenters. The Kier molecular flexibility index (Phi) is 4.75. The number of nitrogens with two attached hydrogens (primary N) is 1. The number of anilines is 2. The van der Waals surface area contributed by atoms with Crippen LogP contribution in [0, 0.1) is 13.8 Å². The van der Waals surface area contributed by atoms with Crippen LogP contribution in [0.3, 0.4) is 0 Å². The molecule has 0 saturated heterocycles. The van der Waals surface area contributed by atoms with Gasteiger partial charge >= 0.3 is 0 Å². The first-order chi connectivity index (χ1) is 10.0. The topological polar surface area (TPSA) is 75.9 Å². The van der Waals surface area contributed by atoms with Crippen molar-refractivity contribution in [1.29, 1.82) is 0 Å². The van der Waals surface area contributed by atoms with Gasteiger partial charge in [-0.15, -0.1) is 0 Å². The zero-order chi connectivity index (χ0) is 15.4. The van der Waals surface area contributed by atoms with Crippen molar-refractivity contribution in [2.45, 2.75) is 40.2 Å². The molecule has 0 atom stereocenters. The molecule has 5 nitrogen and oxygen atoms in total. The third kappa shape index (κ3) is 3.49. The average molecular weight is 285 g/mol. The number of nitrogens with one attached hydrogen (secondary N) is 2. The monoisotopic (exact) mass is 285 g/mol. The van der Waals surface area contributed by atoms with E-state index in [0.717, 1.165) is 23.8 Å². The maximum atomic E-state index is 5.55. The number of hydrazine groups is 1. The van der Waals surface area contributed by atoms with Crippen molar-refractivity contribution in [1.82, 2.24) is 9.97 Å². The van der Waals surface area contributed by atoms with Crippen molar-refractivity contribution >= 4 is 11.6 Å². The molecule has 0 bridgehead atoms. The van der Waals surface area contributed by atoms with Gasteiger partial charge in [0.15, 0.2) is 0 Å². The van der Waals surface area contributed by atoms with Gasteiger partial charge in [-0.3, -0.25) is 0 Å². The van der Waals surface area contributed by atoms with Crippen molar-refractivity contribution in [2.24, 2.45) is 5.84 Å². The van der Waals surface area contributed by atoms with Crippen LogP contribution in [0.4, 0.5) is 11.6 Å². The Balaban J connectivity index is 2.27. The zero-order valence-electron chi connectivity index (χ0n) is 13.1. The van der Waals surface area contributed by atoms with Crippen molar-refractivity contribution in [3.8, 4) is 0 Å². The Hall–Kier alpha value is -2.14. The fourth-order valence-corrected chi connectivity index (χ4v) is 2.09. The van der Waals surface area contributed by atoms with E-state index in [0.29, 0.717) is 5.82 Å². The van der Waals surface area contributed by atoms with Gasteiger partial charge in [-0.05, 0) is 25.0 Å². The smallest absolute Gasteiger partial charge is 0.148 e. The van der Waals surface area contributed by atoms with Gasteiger partial charge in [0.2, 0.25) is 0 Å². The lowest BCUT2D eigenvalue weighted by atomic mass is 10.1. The number of benzene rings is 1. The highest BCUT2D eigenvalue weighted by Crippen LogP contribution is 2.23. The molecule has 5 heteroatoms. The predicted molar refractivity (Wildman–Crippen MR) is 87.2 cm³/mol. The van der Waals surface area contributed by atoms with Gasteiger partial charge in [-0.1, -0.05) is 38.1 Å². The summed E-state index contributed by atoms with van der Waals surface area (Å²) in [5.41, 5.74) is 6.09. The Bertz CT molecular complexity index is 622. The van der Waals surface area contributed by atoms with E-state index in [2.05, 4.69) is 53.6 Å². The molecule has 0 spiro atoms. The van der Waals surface area contributed by atoms with Gasteiger partial charge in [-0.25, -0.2) is 15.8 Å². The summed E-state index contributed by atoms with van der Waals surface area (Å²) in [6.07, 6.45) is 0. The van der Waals surface area contributed by atoms with E-state index in [1.165, 1.54) is 11.1 Å². The molecule has 0 aliphatic heterocycles. The van der Waals surface area contributed by atoms with E-state index in [9.17, 15) is 0 Å². The molecule has 0 fully saturated rings. The number of nitrogens with zero attached hydrogens (tertiary/aromatic N) is 2. The van der Waals surface area contributed by atoms with Gasteiger partial charge in [0.25, 0.3) is 0 Å². The summed E-state index contributed by atoms with van der Waals surface area (Å²) in [4.78, 5) is 9.04. The predicted octanol–water partition coefficient (Wildman–Crippen LogP) is 3.11. The van der Waals surface area contributed by atoms with Gasteiger partial charge in [-0.2, -0.15) is 0 Å². The number of rotatable bonds is 5. The van der Waals surface area contributed by atoms with Gasteiger partial charge in [0.1, 0.15) is 17.5 Å². The van der Waals surface area contributed by atoms with Gasteiger partial charge < -0.3 is 10.7 Å². The third-order valence-corrected chi connectivity index (χ3v) is 3.52. The molecule has 1 aromatic heterocycles. The maximum absolute atomic E-state index is 5.55. The number of aryl methyl sites for hydroxylation is 1. The van der Waals surface area contributed by atoms with E-state index >= 15 is 0 Å². The minimum atomic E-state index is 0.247. The van der Waals surface area contributed by atoms with Crippen LogP contribution in [0.1, 0.15) is 42.3 Å². The molecular weight excluding hydrogens is 262 g/mol. The normalized spacial score (nSPS) is 10.8. The summed E-state index contributed by atoms with van der Waals surface area (Å²) in [6, 6.07) is 8.31. The van der Waals surface area contributed by atoms with E-state index in [1.807, 2.05) is 19.1 Å². The van der Waals surface area contributed by atoms with Gasteiger partial charge in [0, 0.05) is 18.0 Å². The highest BCUT2D eigenvalue weighted by atomic mass is 15.3. The summed E-state index contributed by atoms with van der Waals surface area (Å²) in [5.74, 6) is 8.07. The van der Waals surface area contributed by atoms with Crippen LogP contribution in [0.25, 0.3) is 0 Å². The van der Waals surface area contributed by atoms with Crippen LogP contribution in [-0.2, 0) is 6.54 Å². The highest BCUT2D eigenvalue weighted by molar-refractivity contribution is 5.57. The highest BCUT2D eigenvalue weighted by Gasteiger charge is 2.12. The molecule has 4 N–H and O–H groups in total. The summed E-state index contributed by atoms with van der Waals surface area (Å²) in [6.45, 7) is 8.92. The second-order valence-electron chi connectivity index (χ2n) is 5.48. The molecule has 0 aliphatic rings. The van der Waals surface area contributed by atoms with E-state index in [4.69, 9.17) is 5.84 Å². The van der Waals surface area contributed by atoms with Crippen molar-refractivity contribution < 1.29 is 0 Å². The van der Waals surface area contributed by atoms with Crippen LogP contribution >= 0.6 is 0 Å². The van der Waals surface area contributed by atoms with E-state index in [-0.39, 0.29) is 5.92 Å². The lowest BCUT2D eigenvalue weighted by Crippen LogP contribution is -2.15. The molecular formula is C16H23N5. The SMILES string of the molecule is Cc1ccccc1CNc1nc(C(C)C)nc(NN)c1C. The fraction of sp³-hybridized carbons (Fsp3) is 0.375. The maximum Gasteiger partial charge on any atom is 0.148 e.